The lowest BCUT2D eigenvalue weighted by atomic mass is 10.1. The fourth-order valence-corrected chi connectivity index (χ4v) is 3.55. The number of benzene rings is 2. The number of esters is 1. The Kier molecular flexibility index (Phi) is 7.71. The highest BCUT2D eigenvalue weighted by molar-refractivity contribution is 5.94. The molecule has 7 nitrogen and oxygen atoms in total. The lowest BCUT2D eigenvalue weighted by Gasteiger charge is -2.14. The predicted octanol–water partition coefficient (Wildman–Crippen LogP) is 4.83. The van der Waals surface area contributed by atoms with Gasteiger partial charge in [-0.1, -0.05) is 0 Å². The molecule has 3 aromatic rings. The molecule has 1 heterocycles. The standard InChI is InChI=1S/C25H27FN2O5/c1-5-33-25(30)20-15-22(17-6-8-18(26)9-7-17)28(16(20)2)13-12-24(29)27-21-14-19(31-3)10-11-23(21)32-4/h6-11,14-15H,5,12-13H2,1-4H3,(H,27,29). The molecule has 0 unspecified atom stereocenters. The molecule has 3 rings (SSSR count). The first kappa shape index (κ1) is 23.8. The number of nitrogens with zero attached hydrogens (tertiary/aromatic N) is 1. The quantitative estimate of drug-likeness (QED) is 0.469. The van der Waals surface area contributed by atoms with Crippen molar-refractivity contribution >= 4 is 17.6 Å². The van der Waals surface area contributed by atoms with Gasteiger partial charge in [-0.2, -0.15) is 0 Å². The fraction of sp³-hybridized carbons (Fsp3) is 0.280. The normalized spacial score (nSPS) is 10.6. The molecule has 1 aromatic heterocycles. The molecule has 1 N–H and O–H groups in total. The second kappa shape index (κ2) is 10.7. The number of methoxy groups -OCH3 is 2. The van der Waals surface area contributed by atoms with Crippen LogP contribution in [-0.4, -0.2) is 37.3 Å². The van der Waals surface area contributed by atoms with Gasteiger partial charge in [0.25, 0.3) is 0 Å². The molecule has 0 aliphatic heterocycles. The van der Waals surface area contributed by atoms with Crippen LogP contribution < -0.4 is 14.8 Å². The number of carbonyl (C=O) groups is 2. The molecule has 2 aromatic carbocycles. The minimum absolute atomic E-state index is 0.131. The summed E-state index contributed by atoms with van der Waals surface area (Å²) >= 11 is 0. The van der Waals surface area contributed by atoms with Crippen LogP contribution in [-0.2, 0) is 16.1 Å². The molecule has 0 aliphatic carbocycles. The molecule has 0 radical (unpaired) electrons. The van der Waals surface area contributed by atoms with E-state index in [1.807, 2.05) is 4.57 Å². The van der Waals surface area contributed by atoms with Crippen LogP contribution in [0.1, 0.15) is 29.4 Å². The topological polar surface area (TPSA) is 78.8 Å². The third kappa shape index (κ3) is 5.52. The Morgan fingerprint density at radius 1 is 1.03 bits per heavy atom. The Hall–Kier alpha value is -3.81. The summed E-state index contributed by atoms with van der Waals surface area (Å²) in [6.07, 6.45) is 0.131. The summed E-state index contributed by atoms with van der Waals surface area (Å²) in [4.78, 5) is 25.2. The van der Waals surface area contributed by atoms with Gasteiger partial charge in [0.1, 0.15) is 17.3 Å². The molecule has 0 saturated heterocycles. The van der Waals surface area contributed by atoms with Gasteiger partial charge in [-0.05, 0) is 61.9 Å². The number of carbonyl (C=O) groups excluding carboxylic acids is 2. The number of nitrogens with one attached hydrogen (secondary N) is 1. The van der Waals surface area contributed by atoms with Gasteiger partial charge >= 0.3 is 5.97 Å². The number of hydrogen-bond acceptors (Lipinski definition) is 5. The average molecular weight is 454 g/mol. The van der Waals surface area contributed by atoms with Crippen molar-refractivity contribution in [1.82, 2.24) is 4.57 Å². The summed E-state index contributed by atoms with van der Waals surface area (Å²) in [5, 5.41) is 2.84. The highest BCUT2D eigenvalue weighted by Gasteiger charge is 2.20. The molecule has 8 heteroatoms. The smallest absolute Gasteiger partial charge is 0.339 e. The monoisotopic (exact) mass is 454 g/mol. The van der Waals surface area contributed by atoms with Crippen LogP contribution in [0.25, 0.3) is 11.3 Å². The van der Waals surface area contributed by atoms with Crippen molar-refractivity contribution in [3.8, 4) is 22.8 Å². The van der Waals surface area contributed by atoms with E-state index >= 15 is 0 Å². The molecule has 0 fully saturated rings. The van der Waals surface area contributed by atoms with Crippen LogP contribution in [0.15, 0.2) is 48.5 Å². The van der Waals surface area contributed by atoms with Gasteiger partial charge < -0.3 is 24.1 Å². The zero-order valence-corrected chi connectivity index (χ0v) is 19.1. The van der Waals surface area contributed by atoms with E-state index in [9.17, 15) is 14.0 Å². The zero-order valence-electron chi connectivity index (χ0n) is 19.1. The molecule has 0 bridgehead atoms. The second-order valence-corrected chi connectivity index (χ2v) is 7.27. The van der Waals surface area contributed by atoms with Gasteiger partial charge in [0.15, 0.2) is 0 Å². The van der Waals surface area contributed by atoms with Crippen LogP contribution >= 0.6 is 0 Å². The molecule has 1 amide bonds. The summed E-state index contributed by atoms with van der Waals surface area (Å²) in [6.45, 7) is 4.08. The molecule has 0 saturated carbocycles. The number of halogens is 1. The third-order valence-electron chi connectivity index (χ3n) is 5.25. The van der Waals surface area contributed by atoms with E-state index in [1.54, 1.807) is 57.4 Å². The van der Waals surface area contributed by atoms with Crippen molar-refractivity contribution in [2.45, 2.75) is 26.8 Å². The zero-order chi connectivity index (χ0) is 24.0. The Bertz CT molecular complexity index is 1140. The number of amides is 1. The van der Waals surface area contributed by atoms with Crippen molar-refractivity contribution in [3.05, 3.63) is 65.6 Å². The maximum absolute atomic E-state index is 13.4. The Morgan fingerprint density at radius 3 is 2.39 bits per heavy atom. The van der Waals surface area contributed by atoms with E-state index in [-0.39, 0.29) is 24.8 Å². The van der Waals surface area contributed by atoms with Gasteiger partial charge in [0, 0.05) is 30.4 Å². The van der Waals surface area contributed by atoms with E-state index < -0.39 is 5.97 Å². The van der Waals surface area contributed by atoms with E-state index in [0.29, 0.717) is 40.7 Å². The highest BCUT2D eigenvalue weighted by Crippen LogP contribution is 2.30. The third-order valence-corrected chi connectivity index (χ3v) is 5.25. The van der Waals surface area contributed by atoms with Crippen molar-refractivity contribution in [1.29, 1.82) is 0 Å². The molecular formula is C25H27FN2O5. The lowest BCUT2D eigenvalue weighted by Crippen LogP contribution is -2.16. The summed E-state index contributed by atoms with van der Waals surface area (Å²) in [6, 6.07) is 12.8. The van der Waals surface area contributed by atoms with Crippen molar-refractivity contribution in [2.75, 3.05) is 26.1 Å². The summed E-state index contributed by atoms with van der Waals surface area (Å²) in [5.74, 6) is 0.0637. The van der Waals surface area contributed by atoms with Gasteiger partial charge in [-0.3, -0.25) is 4.79 Å². The first-order valence-electron chi connectivity index (χ1n) is 10.5. The molecular weight excluding hydrogens is 427 g/mol. The van der Waals surface area contributed by atoms with E-state index in [1.165, 1.54) is 19.2 Å². The Balaban J connectivity index is 1.85. The largest absolute Gasteiger partial charge is 0.497 e. The number of rotatable bonds is 9. The Labute approximate surface area is 192 Å². The second-order valence-electron chi connectivity index (χ2n) is 7.27. The minimum Gasteiger partial charge on any atom is -0.497 e. The summed E-state index contributed by atoms with van der Waals surface area (Å²) < 4.78 is 31.0. The van der Waals surface area contributed by atoms with Crippen LogP contribution in [0.3, 0.4) is 0 Å². The van der Waals surface area contributed by atoms with Crippen LogP contribution in [0.5, 0.6) is 11.5 Å². The lowest BCUT2D eigenvalue weighted by molar-refractivity contribution is -0.116. The van der Waals surface area contributed by atoms with E-state index in [4.69, 9.17) is 14.2 Å². The molecule has 0 atom stereocenters. The summed E-state index contributed by atoms with van der Waals surface area (Å²) in [5.41, 5.74) is 3.00. The van der Waals surface area contributed by atoms with Crippen molar-refractivity contribution < 1.29 is 28.2 Å². The van der Waals surface area contributed by atoms with Crippen LogP contribution in [0.4, 0.5) is 10.1 Å². The average Bonchev–Trinajstić information content (AvgIpc) is 3.14. The maximum atomic E-state index is 13.4. The highest BCUT2D eigenvalue weighted by atomic mass is 19.1. The number of aromatic nitrogens is 1. The number of ether oxygens (including phenoxy) is 3. The molecule has 0 spiro atoms. The van der Waals surface area contributed by atoms with E-state index in [2.05, 4.69) is 5.32 Å². The SMILES string of the molecule is CCOC(=O)c1cc(-c2ccc(F)cc2)n(CCC(=O)Nc2cc(OC)ccc2OC)c1C. The number of hydrogen-bond donors (Lipinski definition) is 1. The molecule has 174 valence electrons. The van der Waals surface area contributed by atoms with Gasteiger partial charge in [-0.15, -0.1) is 0 Å². The minimum atomic E-state index is -0.442. The Morgan fingerprint density at radius 2 is 1.76 bits per heavy atom. The molecule has 33 heavy (non-hydrogen) atoms. The predicted molar refractivity (Wildman–Crippen MR) is 123 cm³/mol. The number of anilines is 1. The first-order valence-corrected chi connectivity index (χ1v) is 10.5. The van der Waals surface area contributed by atoms with E-state index in [0.717, 1.165) is 5.56 Å². The van der Waals surface area contributed by atoms with Crippen LogP contribution in [0, 0.1) is 12.7 Å². The summed E-state index contributed by atoms with van der Waals surface area (Å²) in [7, 11) is 3.06. The van der Waals surface area contributed by atoms with Crippen LogP contribution in [0.2, 0.25) is 0 Å². The first-order chi connectivity index (χ1) is 15.9. The maximum Gasteiger partial charge on any atom is 0.339 e. The van der Waals surface area contributed by atoms with Crippen molar-refractivity contribution in [3.63, 3.8) is 0 Å². The fourth-order valence-electron chi connectivity index (χ4n) is 3.55. The van der Waals surface area contributed by atoms with Crippen molar-refractivity contribution in [2.24, 2.45) is 0 Å². The molecule has 0 aliphatic rings. The van der Waals surface area contributed by atoms with Gasteiger partial charge in [0.2, 0.25) is 5.91 Å². The van der Waals surface area contributed by atoms with Gasteiger partial charge in [0.05, 0.1) is 32.1 Å². The van der Waals surface area contributed by atoms with Gasteiger partial charge in [-0.25, -0.2) is 9.18 Å².